The Morgan fingerprint density at radius 2 is 2.29 bits per heavy atom. The molecule has 0 fully saturated rings. The summed E-state index contributed by atoms with van der Waals surface area (Å²) in [5.74, 6) is -1.11. The number of aromatic nitrogens is 1. The summed E-state index contributed by atoms with van der Waals surface area (Å²) in [6, 6.07) is 3.09. The van der Waals surface area contributed by atoms with Gasteiger partial charge in [-0.1, -0.05) is 6.07 Å². The molecule has 5 nitrogen and oxygen atoms in total. The molecule has 5 heteroatoms. The molecule has 4 N–H and O–H groups in total. The number of hydrogen-bond acceptors (Lipinski definition) is 4. The van der Waals surface area contributed by atoms with E-state index in [2.05, 4.69) is 4.98 Å². The lowest BCUT2D eigenvalue weighted by Gasteiger charge is -2.19. The molecule has 1 rings (SSSR count). The van der Waals surface area contributed by atoms with Crippen molar-refractivity contribution in [3.8, 4) is 0 Å². The van der Waals surface area contributed by atoms with Gasteiger partial charge < -0.3 is 15.9 Å². The number of pyridine rings is 1. The summed E-state index contributed by atoms with van der Waals surface area (Å²) >= 11 is 0. The van der Waals surface area contributed by atoms with Gasteiger partial charge in [0.2, 0.25) is 0 Å². The standard InChI is InChI=1S/C9H12N2O3/c1-9(10,8(13)14)6-2-3-7(5-12)11-4-6/h2-4,12H,5,10H2,1H3,(H,13,14)/t9-/m0/s1. The highest BCUT2D eigenvalue weighted by Crippen LogP contribution is 2.16. The molecule has 0 saturated carbocycles. The molecular formula is C9H12N2O3. The summed E-state index contributed by atoms with van der Waals surface area (Å²) < 4.78 is 0. The molecular weight excluding hydrogens is 184 g/mol. The highest BCUT2D eigenvalue weighted by atomic mass is 16.4. The summed E-state index contributed by atoms with van der Waals surface area (Å²) in [5.41, 5.74) is 5.01. The third-order valence-corrected chi connectivity index (χ3v) is 2.03. The van der Waals surface area contributed by atoms with Crippen LogP contribution in [-0.2, 0) is 16.9 Å². The second-order valence-corrected chi connectivity index (χ2v) is 3.20. The predicted molar refractivity (Wildman–Crippen MR) is 49.3 cm³/mol. The zero-order valence-electron chi connectivity index (χ0n) is 7.77. The van der Waals surface area contributed by atoms with Gasteiger partial charge in [-0.3, -0.25) is 4.98 Å². The second kappa shape index (κ2) is 3.73. The first-order valence-electron chi connectivity index (χ1n) is 4.07. The van der Waals surface area contributed by atoms with Gasteiger partial charge in [0, 0.05) is 11.8 Å². The van der Waals surface area contributed by atoms with Gasteiger partial charge in [0.25, 0.3) is 0 Å². The van der Waals surface area contributed by atoms with Crippen LogP contribution in [0.5, 0.6) is 0 Å². The van der Waals surface area contributed by atoms with E-state index in [4.69, 9.17) is 15.9 Å². The van der Waals surface area contributed by atoms with Crippen LogP contribution in [-0.4, -0.2) is 21.2 Å². The van der Waals surface area contributed by atoms with E-state index in [0.717, 1.165) is 0 Å². The van der Waals surface area contributed by atoms with E-state index < -0.39 is 11.5 Å². The Balaban J connectivity index is 3.02. The molecule has 0 aliphatic heterocycles. The smallest absolute Gasteiger partial charge is 0.328 e. The average Bonchev–Trinajstić information content (AvgIpc) is 2.17. The maximum Gasteiger partial charge on any atom is 0.328 e. The SMILES string of the molecule is C[C@@](N)(C(=O)O)c1ccc(CO)nc1. The molecule has 1 aromatic heterocycles. The first kappa shape index (κ1) is 10.6. The minimum Gasteiger partial charge on any atom is -0.480 e. The van der Waals surface area contributed by atoms with E-state index in [0.29, 0.717) is 11.3 Å². The van der Waals surface area contributed by atoms with E-state index in [9.17, 15) is 4.79 Å². The summed E-state index contributed by atoms with van der Waals surface area (Å²) in [5, 5.41) is 17.5. The molecule has 1 heterocycles. The third kappa shape index (κ3) is 1.89. The molecule has 0 aromatic carbocycles. The van der Waals surface area contributed by atoms with E-state index in [1.807, 2.05) is 0 Å². The Morgan fingerprint density at radius 1 is 1.64 bits per heavy atom. The number of carboxylic acids is 1. The predicted octanol–water partition coefficient (Wildman–Crippen LogP) is -0.168. The topological polar surface area (TPSA) is 96.4 Å². The van der Waals surface area contributed by atoms with Gasteiger partial charge in [-0.2, -0.15) is 0 Å². The number of aliphatic hydroxyl groups is 1. The van der Waals surface area contributed by atoms with Crippen molar-refractivity contribution in [3.63, 3.8) is 0 Å². The van der Waals surface area contributed by atoms with Crippen molar-refractivity contribution in [1.82, 2.24) is 4.98 Å². The fraction of sp³-hybridized carbons (Fsp3) is 0.333. The fourth-order valence-electron chi connectivity index (χ4n) is 0.949. The normalized spacial score (nSPS) is 14.8. The first-order chi connectivity index (χ1) is 6.48. The zero-order chi connectivity index (χ0) is 10.8. The number of carbonyl (C=O) groups is 1. The summed E-state index contributed by atoms with van der Waals surface area (Å²) in [6.07, 6.45) is 1.36. The van der Waals surface area contributed by atoms with Crippen LogP contribution < -0.4 is 5.73 Å². The summed E-state index contributed by atoms with van der Waals surface area (Å²) in [6.45, 7) is 1.22. The van der Waals surface area contributed by atoms with Gasteiger partial charge in [0.1, 0.15) is 5.54 Å². The summed E-state index contributed by atoms with van der Waals surface area (Å²) in [4.78, 5) is 14.6. The van der Waals surface area contributed by atoms with Gasteiger partial charge in [0.05, 0.1) is 12.3 Å². The maximum atomic E-state index is 10.8. The molecule has 0 aliphatic rings. The van der Waals surface area contributed by atoms with Gasteiger partial charge in [-0.15, -0.1) is 0 Å². The first-order valence-corrected chi connectivity index (χ1v) is 4.07. The van der Waals surface area contributed by atoms with Crippen LogP contribution in [0.2, 0.25) is 0 Å². The van der Waals surface area contributed by atoms with Crippen molar-refractivity contribution in [3.05, 3.63) is 29.6 Å². The van der Waals surface area contributed by atoms with Crippen molar-refractivity contribution in [1.29, 1.82) is 0 Å². The second-order valence-electron chi connectivity index (χ2n) is 3.20. The Labute approximate surface area is 81.2 Å². The van der Waals surface area contributed by atoms with Gasteiger partial charge in [0.15, 0.2) is 0 Å². The lowest BCUT2D eigenvalue weighted by molar-refractivity contribution is -0.143. The van der Waals surface area contributed by atoms with Crippen LogP contribution in [0.4, 0.5) is 0 Å². The zero-order valence-corrected chi connectivity index (χ0v) is 7.77. The van der Waals surface area contributed by atoms with E-state index >= 15 is 0 Å². The number of rotatable bonds is 3. The molecule has 14 heavy (non-hydrogen) atoms. The molecule has 0 unspecified atom stereocenters. The molecule has 1 aromatic rings. The molecule has 0 bridgehead atoms. The quantitative estimate of drug-likeness (QED) is 0.623. The van der Waals surface area contributed by atoms with Crippen molar-refractivity contribution in [2.75, 3.05) is 0 Å². The molecule has 0 amide bonds. The monoisotopic (exact) mass is 196 g/mol. The van der Waals surface area contributed by atoms with Crippen LogP contribution in [0.1, 0.15) is 18.2 Å². The molecule has 76 valence electrons. The lowest BCUT2D eigenvalue weighted by atomic mass is 9.95. The van der Waals surface area contributed by atoms with Crippen molar-refractivity contribution in [2.24, 2.45) is 5.73 Å². The van der Waals surface area contributed by atoms with Crippen LogP contribution in [0.3, 0.4) is 0 Å². The minimum absolute atomic E-state index is 0.172. The number of nitrogens with zero attached hydrogens (tertiary/aromatic N) is 1. The molecule has 0 spiro atoms. The maximum absolute atomic E-state index is 10.8. The largest absolute Gasteiger partial charge is 0.480 e. The fourth-order valence-corrected chi connectivity index (χ4v) is 0.949. The Kier molecular flexibility index (Phi) is 2.83. The number of aliphatic carboxylic acids is 1. The highest BCUT2D eigenvalue weighted by molar-refractivity contribution is 5.79. The van der Waals surface area contributed by atoms with Crippen LogP contribution >= 0.6 is 0 Å². The lowest BCUT2D eigenvalue weighted by Crippen LogP contribution is -2.41. The molecule has 0 aliphatic carbocycles. The Morgan fingerprint density at radius 3 is 2.64 bits per heavy atom. The molecule has 0 saturated heterocycles. The Hall–Kier alpha value is -1.46. The average molecular weight is 196 g/mol. The van der Waals surface area contributed by atoms with Gasteiger partial charge >= 0.3 is 5.97 Å². The Bertz CT molecular complexity index is 332. The number of carboxylic acid groups (broad SMARTS) is 1. The van der Waals surface area contributed by atoms with Crippen LogP contribution in [0.15, 0.2) is 18.3 Å². The summed E-state index contributed by atoms with van der Waals surface area (Å²) in [7, 11) is 0. The molecule has 1 atom stereocenters. The van der Waals surface area contributed by atoms with Gasteiger partial charge in [-0.25, -0.2) is 4.79 Å². The van der Waals surface area contributed by atoms with E-state index in [-0.39, 0.29) is 6.61 Å². The van der Waals surface area contributed by atoms with Crippen LogP contribution in [0, 0.1) is 0 Å². The number of nitrogens with two attached hydrogens (primary N) is 1. The minimum atomic E-state index is -1.44. The van der Waals surface area contributed by atoms with Crippen molar-refractivity contribution in [2.45, 2.75) is 19.1 Å². The van der Waals surface area contributed by atoms with E-state index in [1.54, 1.807) is 12.1 Å². The van der Waals surface area contributed by atoms with Gasteiger partial charge in [-0.05, 0) is 13.0 Å². The van der Waals surface area contributed by atoms with E-state index in [1.165, 1.54) is 13.1 Å². The van der Waals surface area contributed by atoms with Crippen LogP contribution in [0.25, 0.3) is 0 Å². The molecule has 0 radical (unpaired) electrons. The third-order valence-electron chi connectivity index (χ3n) is 2.03. The number of aliphatic hydroxyl groups excluding tert-OH is 1. The number of hydrogen-bond donors (Lipinski definition) is 3. The highest BCUT2D eigenvalue weighted by Gasteiger charge is 2.30. The van der Waals surface area contributed by atoms with Crippen molar-refractivity contribution < 1.29 is 15.0 Å². The van der Waals surface area contributed by atoms with Crippen molar-refractivity contribution >= 4 is 5.97 Å².